The third kappa shape index (κ3) is 3.25. The number of esters is 1. The number of ketones is 2. The Morgan fingerprint density at radius 2 is 1.62 bits per heavy atom. The molecule has 3 fully saturated rings. The third-order valence-electron chi connectivity index (χ3n) is 9.31. The molecule has 4 N–H and O–H groups in total. The third-order valence-corrected chi connectivity index (χ3v) is 9.31. The Balaban J connectivity index is 1.34. The molecule has 214 valence electrons. The van der Waals surface area contributed by atoms with E-state index in [1.54, 1.807) is 20.8 Å². The Morgan fingerprint density at radius 3 is 2.35 bits per heavy atom. The lowest BCUT2D eigenvalue weighted by molar-refractivity contribution is -0.291. The zero-order chi connectivity index (χ0) is 28.4. The molecule has 2 bridgehead atoms. The summed E-state index contributed by atoms with van der Waals surface area (Å²) in [5.74, 6) is -3.28. The van der Waals surface area contributed by atoms with Crippen molar-refractivity contribution in [2.45, 2.75) is 107 Å². The van der Waals surface area contributed by atoms with Crippen LogP contribution in [0.3, 0.4) is 0 Å². The molecular weight excluding hydrogens is 528 g/mol. The molecular formula is C28H30O12. The van der Waals surface area contributed by atoms with Crippen molar-refractivity contribution in [3.05, 3.63) is 33.4 Å². The van der Waals surface area contributed by atoms with Crippen LogP contribution in [0.15, 0.2) is 11.1 Å². The minimum atomic E-state index is -2.07. The van der Waals surface area contributed by atoms with Gasteiger partial charge in [-0.1, -0.05) is 0 Å². The molecule has 0 aromatic heterocycles. The van der Waals surface area contributed by atoms with Crippen molar-refractivity contribution in [3.63, 3.8) is 0 Å². The average Bonchev–Trinajstić information content (AvgIpc) is 3.26. The highest BCUT2D eigenvalue weighted by Crippen LogP contribution is 2.57. The van der Waals surface area contributed by atoms with Gasteiger partial charge in [0.1, 0.15) is 23.2 Å². The van der Waals surface area contributed by atoms with Gasteiger partial charge in [-0.3, -0.25) is 14.4 Å². The van der Waals surface area contributed by atoms with Crippen molar-refractivity contribution in [2.75, 3.05) is 0 Å². The molecule has 0 radical (unpaired) electrons. The number of carbonyl (C=O) groups is 3. The Morgan fingerprint density at radius 1 is 0.925 bits per heavy atom. The quantitative estimate of drug-likeness (QED) is 0.303. The van der Waals surface area contributed by atoms with Gasteiger partial charge in [-0.05, 0) is 27.2 Å². The van der Waals surface area contributed by atoms with Crippen molar-refractivity contribution in [2.24, 2.45) is 0 Å². The summed E-state index contributed by atoms with van der Waals surface area (Å²) in [6, 6.07) is 0. The first-order valence-electron chi connectivity index (χ1n) is 13.6. The van der Waals surface area contributed by atoms with Crippen molar-refractivity contribution in [3.8, 4) is 11.5 Å². The Hall–Kier alpha value is -2.87. The Bertz CT molecular complexity index is 1400. The smallest absolute Gasteiger partial charge is 0.309 e. The van der Waals surface area contributed by atoms with Gasteiger partial charge in [0.15, 0.2) is 24.0 Å². The molecule has 1 aromatic rings. The molecule has 10 atom stereocenters. The van der Waals surface area contributed by atoms with Crippen molar-refractivity contribution >= 4 is 17.5 Å². The lowest BCUT2D eigenvalue weighted by Crippen LogP contribution is -2.67. The Labute approximate surface area is 228 Å². The van der Waals surface area contributed by atoms with Gasteiger partial charge in [0, 0.05) is 35.1 Å². The van der Waals surface area contributed by atoms with Crippen LogP contribution < -0.4 is 0 Å². The van der Waals surface area contributed by atoms with E-state index in [0.29, 0.717) is 12.8 Å². The van der Waals surface area contributed by atoms with Crippen LogP contribution >= 0.6 is 0 Å². The van der Waals surface area contributed by atoms with E-state index in [0.717, 1.165) is 0 Å². The fraction of sp³-hybridized carbons (Fsp3) is 0.607. The first-order chi connectivity index (χ1) is 18.9. The largest absolute Gasteiger partial charge is 0.507 e. The van der Waals surface area contributed by atoms with Gasteiger partial charge in [0.25, 0.3) is 0 Å². The summed E-state index contributed by atoms with van der Waals surface area (Å²) in [4.78, 5) is 40.2. The van der Waals surface area contributed by atoms with Crippen LogP contribution in [-0.4, -0.2) is 86.5 Å². The SMILES string of the molecule is C[C@@H]1O[C@H]2CC(=O)O[C@H]2c2c(O)c3c(c(O)c21)C(=O)C1=C(C3=O)C2C[C@@H](O[C@H]3CC[C@H](O)[C@H](C)O3)C1(O)[C@@H](C)O2. The normalized spacial score (nSPS) is 41.8. The number of phenols is 2. The van der Waals surface area contributed by atoms with Crippen molar-refractivity contribution < 1.29 is 58.5 Å². The molecule has 1 aromatic carbocycles. The van der Waals surface area contributed by atoms with Crippen LogP contribution in [0.2, 0.25) is 0 Å². The monoisotopic (exact) mass is 558 g/mol. The number of fused-ring (bicyclic) bond motifs is 6. The van der Waals surface area contributed by atoms with E-state index in [2.05, 4.69) is 0 Å². The number of ether oxygens (including phenoxy) is 5. The van der Waals surface area contributed by atoms with Crippen LogP contribution in [0.4, 0.5) is 0 Å². The molecule has 0 amide bonds. The number of carbonyl (C=O) groups excluding carboxylic acids is 3. The van der Waals surface area contributed by atoms with Crippen LogP contribution in [0.1, 0.15) is 90.5 Å². The van der Waals surface area contributed by atoms with E-state index in [1.165, 1.54) is 0 Å². The van der Waals surface area contributed by atoms with Gasteiger partial charge in [0.05, 0.1) is 54.2 Å². The highest BCUT2D eigenvalue weighted by molar-refractivity contribution is 6.30. The lowest BCUT2D eigenvalue weighted by atomic mass is 9.63. The number of aromatic hydroxyl groups is 2. The summed E-state index contributed by atoms with van der Waals surface area (Å²) >= 11 is 0. The maximum absolute atomic E-state index is 14.2. The van der Waals surface area contributed by atoms with Crippen LogP contribution in [-0.2, 0) is 28.5 Å². The minimum absolute atomic E-state index is 0.0374. The van der Waals surface area contributed by atoms with Gasteiger partial charge in [-0.25, -0.2) is 0 Å². The first-order valence-corrected chi connectivity index (χ1v) is 13.6. The van der Waals surface area contributed by atoms with Gasteiger partial charge < -0.3 is 44.1 Å². The van der Waals surface area contributed by atoms with E-state index in [1.807, 2.05) is 0 Å². The molecule has 12 nitrogen and oxygen atoms in total. The summed E-state index contributed by atoms with van der Waals surface area (Å²) in [7, 11) is 0. The predicted octanol–water partition coefficient (Wildman–Crippen LogP) is 1.41. The standard InChI is InChI=1S/C28H30O12/c1-8-11(29)4-5-16(37-8)39-14-6-12-18-22(28(14,35)10(3)38-12)26(34)20-19(24(18)32)25(33)21-17(23(20)31)9(2)36-13-7-15(30)40-27(13)21/h8-14,16,27,29,31,33,35H,4-7H2,1-3H3/t8-,9-,10+,11-,12?,13-,14+,16-,27+,28?/m0/s1. The molecule has 5 aliphatic heterocycles. The van der Waals surface area contributed by atoms with Crippen LogP contribution in [0.25, 0.3) is 0 Å². The first kappa shape index (κ1) is 26.1. The number of phenolic OH excluding ortho intramolecular Hbond substituents is 2. The number of hydrogen-bond donors (Lipinski definition) is 4. The van der Waals surface area contributed by atoms with Crippen molar-refractivity contribution in [1.29, 1.82) is 0 Å². The zero-order valence-corrected chi connectivity index (χ0v) is 22.1. The number of benzene rings is 1. The summed E-state index contributed by atoms with van der Waals surface area (Å²) in [6.45, 7) is 4.88. The molecule has 7 aliphatic rings. The van der Waals surface area contributed by atoms with E-state index in [4.69, 9.17) is 23.7 Å². The minimum Gasteiger partial charge on any atom is -0.507 e. The molecule has 2 aliphatic carbocycles. The molecule has 0 spiro atoms. The highest BCUT2D eigenvalue weighted by Gasteiger charge is 2.64. The summed E-state index contributed by atoms with van der Waals surface area (Å²) < 4.78 is 29.1. The number of aliphatic hydroxyl groups is 2. The summed E-state index contributed by atoms with van der Waals surface area (Å²) in [5, 5.41) is 44.9. The second-order valence-electron chi connectivity index (χ2n) is 11.5. The zero-order valence-electron chi connectivity index (χ0n) is 22.1. The molecule has 12 heteroatoms. The van der Waals surface area contributed by atoms with Gasteiger partial charge in [0.2, 0.25) is 0 Å². The predicted molar refractivity (Wildman–Crippen MR) is 131 cm³/mol. The van der Waals surface area contributed by atoms with E-state index < -0.39 is 101 Å². The summed E-state index contributed by atoms with van der Waals surface area (Å²) in [6.07, 6.45) is -6.58. The van der Waals surface area contributed by atoms with Crippen LogP contribution in [0.5, 0.6) is 11.5 Å². The average molecular weight is 559 g/mol. The number of aliphatic hydroxyl groups excluding tert-OH is 1. The highest BCUT2D eigenvalue weighted by atomic mass is 16.7. The lowest BCUT2D eigenvalue weighted by Gasteiger charge is -2.54. The van der Waals surface area contributed by atoms with Gasteiger partial charge >= 0.3 is 5.97 Å². The number of hydrogen-bond acceptors (Lipinski definition) is 12. The molecule has 0 saturated carbocycles. The van der Waals surface area contributed by atoms with E-state index in [-0.39, 0.29) is 35.1 Å². The maximum Gasteiger partial charge on any atom is 0.309 e. The number of rotatable bonds is 2. The van der Waals surface area contributed by atoms with E-state index >= 15 is 0 Å². The van der Waals surface area contributed by atoms with Crippen molar-refractivity contribution in [1.82, 2.24) is 0 Å². The van der Waals surface area contributed by atoms with Gasteiger partial charge in [-0.2, -0.15) is 0 Å². The fourth-order valence-electron chi connectivity index (χ4n) is 7.31. The summed E-state index contributed by atoms with van der Waals surface area (Å²) in [5.41, 5.74) is -3.18. The second-order valence-corrected chi connectivity index (χ2v) is 11.5. The topological polar surface area (TPSA) is 178 Å². The molecule has 40 heavy (non-hydrogen) atoms. The number of Topliss-reactive ketones (excluding diaryl/α,β-unsaturated/α-hetero) is 2. The fourth-order valence-corrected chi connectivity index (χ4v) is 7.31. The van der Waals surface area contributed by atoms with Crippen LogP contribution in [0, 0.1) is 0 Å². The second kappa shape index (κ2) is 8.57. The van der Waals surface area contributed by atoms with E-state index in [9.17, 15) is 34.8 Å². The van der Waals surface area contributed by atoms with Gasteiger partial charge in [-0.15, -0.1) is 0 Å². The molecule has 8 rings (SSSR count). The maximum atomic E-state index is 14.2. The molecule has 3 saturated heterocycles. The Kier molecular flexibility index (Phi) is 5.58. The molecule has 5 heterocycles. The molecule has 2 unspecified atom stereocenters.